The first-order chi connectivity index (χ1) is 15.1. The number of halogens is 1. The van der Waals surface area contributed by atoms with Gasteiger partial charge in [-0.25, -0.2) is 0 Å². The molecule has 0 saturated carbocycles. The molecule has 2 N–H and O–H groups in total. The van der Waals surface area contributed by atoms with Gasteiger partial charge < -0.3 is 24.8 Å². The smallest absolute Gasteiger partial charge is 0.262 e. The molecule has 6 nitrogen and oxygen atoms in total. The molecule has 1 amide bonds. The number of hydrogen-bond acceptors (Lipinski definition) is 5. The molecular weight excluding hydrogens is 428 g/mol. The molecule has 170 valence electrons. The second kappa shape index (κ2) is 12.6. The molecule has 7 heteroatoms. The lowest BCUT2D eigenvalue weighted by Gasteiger charge is -2.13. The number of anilines is 1. The lowest BCUT2D eigenvalue weighted by atomic mass is 10.2. The SMILES string of the molecule is COc1ccc(CNCc2ccc(OCC(=O)Nc3ccc(C)cc3)c(OC)c2)cc1.Cl. The van der Waals surface area contributed by atoms with Crippen LogP contribution in [0.15, 0.2) is 66.7 Å². The molecule has 32 heavy (non-hydrogen) atoms. The molecule has 3 rings (SSSR count). The van der Waals surface area contributed by atoms with E-state index in [1.165, 1.54) is 5.56 Å². The van der Waals surface area contributed by atoms with Crippen LogP contribution in [-0.2, 0) is 17.9 Å². The summed E-state index contributed by atoms with van der Waals surface area (Å²) in [6.45, 7) is 3.32. The number of carbonyl (C=O) groups is 1. The van der Waals surface area contributed by atoms with Crippen molar-refractivity contribution in [3.63, 3.8) is 0 Å². The fraction of sp³-hybridized carbons (Fsp3) is 0.240. The second-order valence-electron chi connectivity index (χ2n) is 7.14. The fourth-order valence-corrected chi connectivity index (χ4v) is 3.01. The van der Waals surface area contributed by atoms with Crippen LogP contribution >= 0.6 is 12.4 Å². The predicted octanol–water partition coefficient (Wildman–Crippen LogP) is 4.74. The van der Waals surface area contributed by atoms with Gasteiger partial charge in [-0.1, -0.05) is 35.9 Å². The van der Waals surface area contributed by atoms with Crippen LogP contribution in [0.3, 0.4) is 0 Å². The van der Waals surface area contributed by atoms with Gasteiger partial charge in [-0.3, -0.25) is 4.79 Å². The Morgan fingerprint density at radius 3 is 2.12 bits per heavy atom. The van der Waals surface area contributed by atoms with E-state index in [2.05, 4.69) is 10.6 Å². The lowest BCUT2D eigenvalue weighted by molar-refractivity contribution is -0.118. The highest BCUT2D eigenvalue weighted by Crippen LogP contribution is 2.28. The van der Waals surface area contributed by atoms with Gasteiger partial charge in [0.1, 0.15) is 5.75 Å². The minimum absolute atomic E-state index is 0. The van der Waals surface area contributed by atoms with E-state index in [1.54, 1.807) is 14.2 Å². The number of rotatable bonds is 10. The molecule has 0 atom stereocenters. The van der Waals surface area contributed by atoms with Gasteiger partial charge in [0.2, 0.25) is 0 Å². The van der Waals surface area contributed by atoms with Crippen LogP contribution in [0.1, 0.15) is 16.7 Å². The number of carbonyl (C=O) groups excluding carboxylic acids is 1. The zero-order valence-corrected chi connectivity index (χ0v) is 19.3. The first kappa shape index (κ1) is 25.0. The first-order valence-electron chi connectivity index (χ1n) is 10.1. The average molecular weight is 457 g/mol. The summed E-state index contributed by atoms with van der Waals surface area (Å²) < 4.78 is 16.3. The van der Waals surface area contributed by atoms with Crippen LogP contribution in [0.4, 0.5) is 5.69 Å². The van der Waals surface area contributed by atoms with Crippen molar-refractivity contribution in [1.29, 1.82) is 0 Å². The standard InChI is InChI=1S/C25H28N2O4.ClH/c1-18-4-9-21(10-5-18)27-25(28)17-31-23-13-8-20(14-24(23)30-3)16-26-15-19-6-11-22(29-2)12-7-19;/h4-14,26H,15-17H2,1-3H3,(H,27,28);1H. The van der Waals surface area contributed by atoms with Crippen LogP contribution in [0.5, 0.6) is 17.2 Å². The van der Waals surface area contributed by atoms with Gasteiger partial charge in [0.15, 0.2) is 18.1 Å². The van der Waals surface area contributed by atoms with Crippen LogP contribution in [0.2, 0.25) is 0 Å². The van der Waals surface area contributed by atoms with Crippen LogP contribution in [0.25, 0.3) is 0 Å². The Labute approximate surface area is 195 Å². The van der Waals surface area contributed by atoms with E-state index in [1.807, 2.05) is 73.7 Å². The summed E-state index contributed by atoms with van der Waals surface area (Å²) in [6.07, 6.45) is 0. The maximum atomic E-state index is 12.2. The van der Waals surface area contributed by atoms with Crippen LogP contribution in [-0.4, -0.2) is 26.7 Å². The largest absolute Gasteiger partial charge is 0.497 e. The molecular formula is C25H29ClN2O4. The van der Waals surface area contributed by atoms with Crippen molar-refractivity contribution in [2.45, 2.75) is 20.0 Å². The van der Waals surface area contributed by atoms with E-state index in [4.69, 9.17) is 14.2 Å². The van der Waals surface area contributed by atoms with Crippen molar-refractivity contribution in [3.05, 3.63) is 83.4 Å². The Kier molecular flexibility index (Phi) is 9.85. The third-order valence-electron chi connectivity index (χ3n) is 4.74. The molecule has 3 aromatic rings. The molecule has 3 aromatic carbocycles. The quantitative estimate of drug-likeness (QED) is 0.461. The highest BCUT2D eigenvalue weighted by molar-refractivity contribution is 5.91. The molecule has 0 bridgehead atoms. The topological polar surface area (TPSA) is 68.8 Å². The summed E-state index contributed by atoms with van der Waals surface area (Å²) >= 11 is 0. The Balaban J connectivity index is 0.00000363. The third kappa shape index (κ3) is 7.48. The maximum absolute atomic E-state index is 12.2. The average Bonchev–Trinajstić information content (AvgIpc) is 2.80. The van der Waals surface area contributed by atoms with Crippen molar-refractivity contribution in [3.8, 4) is 17.2 Å². The molecule has 0 radical (unpaired) electrons. The Hall–Kier alpha value is -3.22. The Bertz CT molecular complexity index is 992. The monoisotopic (exact) mass is 456 g/mol. The summed E-state index contributed by atoms with van der Waals surface area (Å²) in [5, 5.41) is 6.22. The van der Waals surface area contributed by atoms with E-state index in [-0.39, 0.29) is 24.9 Å². The number of amides is 1. The third-order valence-corrected chi connectivity index (χ3v) is 4.74. The number of methoxy groups -OCH3 is 2. The Morgan fingerprint density at radius 1 is 0.812 bits per heavy atom. The lowest BCUT2D eigenvalue weighted by Crippen LogP contribution is -2.20. The second-order valence-corrected chi connectivity index (χ2v) is 7.14. The van der Waals surface area contributed by atoms with E-state index in [9.17, 15) is 4.79 Å². The highest BCUT2D eigenvalue weighted by Gasteiger charge is 2.09. The van der Waals surface area contributed by atoms with E-state index >= 15 is 0 Å². The minimum atomic E-state index is -0.226. The normalized spacial score (nSPS) is 10.1. The zero-order chi connectivity index (χ0) is 22.1. The van der Waals surface area contributed by atoms with Gasteiger partial charge in [0.05, 0.1) is 14.2 Å². The van der Waals surface area contributed by atoms with Crippen molar-refractivity contribution < 1.29 is 19.0 Å². The van der Waals surface area contributed by atoms with Crippen LogP contribution < -0.4 is 24.8 Å². The van der Waals surface area contributed by atoms with E-state index < -0.39 is 0 Å². The summed E-state index contributed by atoms with van der Waals surface area (Å²) in [5.41, 5.74) is 4.11. The molecule has 0 heterocycles. The number of aryl methyl sites for hydroxylation is 1. The van der Waals surface area contributed by atoms with Crippen molar-refractivity contribution in [2.75, 3.05) is 26.1 Å². The maximum Gasteiger partial charge on any atom is 0.262 e. The first-order valence-corrected chi connectivity index (χ1v) is 10.1. The van der Waals surface area contributed by atoms with Crippen LogP contribution in [0, 0.1) is 6.92 Å². The zero-order valence-electron chi connectivity index (χ0n) is 18.5. The summed E-state index contributed by atoms with van der Waals surface area (Å²) in [6, 6.07) is 21.3. The molecule has 0 aromatic heterocycles. The number of hydrogen-bond donors (Lipinski definition) is 2. The van der Waals surface area contributed by atoms with Gasteiger partial charge in [0, 0.05) is 18.8 Å². The van der Waals surface area contributed by atoms with Gasteiger partial charge in [-0.2, -0.15) is 0 Å². The minimum Gasteiger partial charge on any atom is -0.497 e. The van der Waals surface area contributed by atoms with Gasteiger partial charge in [0.25, 0.3) is 5.91 Å². The molecule has 0 aliphatic carbocycles. The predicted molar refractivity (Wildman–Crippen MR) is 129 cm³/mol. The van der Waals surface area contributed by atoms with Gasteiger partial charge >= 0.3 is 0 Å². The molecule has 0 saturated heterocycles. The molecule has 0 aliphatic heterocycles. The number of ether oxygens (including phenoxy) is 3. The highest BCUT2D eigenvalue weighted by atomic mass is 35.5. The molecule has 0 spiro atoms. The summed E-state index contributed by atoms with van der Waals surface area (Å²) in [4.78, 5) is 12.2. The Morgan fingerprint density at radius 2 is 1.47 bits per heavy atom. The van der Waals surface area contributed by atoms with Crippen molar-refractivity contribution in [1.82, 2.24) is 5.32 Å². The van der Waals surface area contributed by atoms with E-state index in [0.717, 1.165) is 29.1 Å². The van der Waals surface area contributed by atoms with Gasteiger partial charge in [-0.05, 0) is 54.4 Å². The van der Waals surface area contributed by atoms with E-state index in [0.29, 0.717) is 18.0 Å². The molecule has 0 fully saturated rings. The number of nitrogens with one attached hydrogen (secondary N) is 2. The van der Waals surface area contributed by atoms with Crippen molar-refractivity contribution in [2.24, 2.45) is 0 Å². The summed E-state index contributed by atoms with van der Waals surface area (Å²) in [5.74, 6) is 1.74. The fourth-order valence-electron chi connectivity index (χ4n) is 3.01. The molecule has 0 aliphatic rings. The van der Waals surface area contributed by atoms with Crippen molar-refractivity contribution >= 4 is 24.0 Å². The van der Waals surface area contributed by atoms with Gasteiger partial charge in [-0.15, -0.1) is 12.4 Å². The number of benzene rings is 3. The summed E-state index contributed by atoms with van der Waals surface area (Å²) in [7, 11) is 3.24. The molecule has 0 unspecified atom stereocenters.